The Balaban J connectivity index is 1.76. The van der Waals surface area contributed by atoms with E-state index in [1.807, 2.05) is 61.6 Å². The number of benzene rings is 2. The van der Waals surface area contributed by atoms with Crippen LogP contribution in [-0.2, 0) is 11.2 Å². The third-order valence-corrected chi connectivity index (χ3v) is 3.70. The second kappa shape index (κ2) is 5.37. The molecule has 0 saturated carbocycles. The van der Waals surface area contributed by atoms with E-state index in [1.54, 1.807) is 4.90 Å². The highest BCUT2D eigenvalue weighted by atomic mass is 16.5. The molecule has 0 fully saturated rings. The molecule has 1 aliphatic heterocycles. The van der Waals surface area contributed by atoms with Gasteiger partial charge < -0.3 is 9.64 Å². The summed E-state index contributed by atoms with van der Waals surface area (Å²) in [5.41, 5.74) is 2.02. The van der Waals surface area contributed by atoms with Crippen LogP contribution < -0.4 is 9.64 Å². The Morgan fingerprint density at radius 3 is 2.60 bits per heavy atom. The maximum absolute atomic E-state index is 12.6. The lowest BCUT2D eigenvalue weighted by Gasteiger charge is -2.28. The molecular formula is C17H17NO2. The summed E-state index contributed by atoms with van der Waals surface area (Å²) in [4.78, 5) is 14.3. The average molecular weight is 267 g/mol. The standard InChI is InChI=1S/C17H17NO2/c1-18(15-8-3-2-4-9-15)17(19)14-11-13-7-5-6-10-16(13)20-12-14/h2-10,14H,11-12H2,1H3. The molecule has 0 radical (unpaired) electrons. The molecule has 0 N–H and O–H groups in total. The molecule has 3 nitrogen and oxygen atoms in total. The quantitative estimate of drug-likeness (QED) is 0.837. The topological polar surface area (TPSA) is 29.5 Å². The lowest BCUT2D eigenvalue weighted by atomic mass is 9.95. The summed E-state index contributed by atoms with van der Waals surface area (Å²) < 4.78 is 5.70. The van der Waals surface area contributed by atoms with Crippen LogP contribution in [0.2, 0.25) is 0 Å². The van der Waals surface area contributed by atoms with Gasteiger partial charge in [0.1, 0.15) is 12.4 Å². The van der Waals surface area contributed by atoms with Crippen molar-refractivity contribution in [2.24, 2.45) is 5.92 Å². The summed E-state index contributed by atoms with van der Waals surface area (Å²) in [6.45, 7) is 0.451. The number of amides is 1. The first-order chi connectivity index (χ1) is 9.75. The molecule has 0 aliphatic carbocycles. The fourth-order valence-electron chi connectivity index (χ4n) is 2.54. The number of anilines is 1. The molecule has 2 aromatic rings. The van der Waals surface area contributed by atoms with Crippen molar-refractivity contribution in [2.45, 2.75) is 6.42 Å². The number of carbonyl (C=O) groups excluding carboxylic acids is 1. The van der Waals surface area contributed by atoms with E-state index in [-0.39, 0.29) is 11.8 Å². The average Bonchev–Trinajstić information content (AvgIpc) is 2.54. The molecule has 1 amide bonds. The number of fused-ring (bicyclic) bond motifs is 1. The second-order valence-corrected chi connectivity index (χ2v) is 5.05. The summed E-state index contributed by atoms with van der Waals surface area (Å²) in [7, 11) is 1.82. The largest absolute Gasteiger partial charge is 0.492 e. The van der Waals surface area contributed by atoms with Gasteiger partial charge in [-0.2, -0.15) is 0 Å². The normalized spacial score (nSPS) is 16.9. The minimum Gasteiger partial charge on any atom is -0.492 e. The van der Waals surface area contributed by atoms with Crippen molar-refractivity contribution in [3.05, 3.63) is 60.2 Å². The van der Waals surface area contributed by atoms with Crippen LogP contribution in [0.3, 0.4) is 0 Å². The van der Waals surface area contributed by atoms with E-state index in [0.717, 1.165) is 23.4 Å². The van der Waals surface area contributed by atoms with Crippen molar-refractivity contribution in [3.8, 4) is 5.75 Å². The third kappa shape index (κ3) is 2.39. The molecule has 0 spiro atoms. The zero-order valence-electron chi connectivity index (χ0n) is 11.5. The first kappa shape index (κ1) is 12.7. The molecule has 3 heteroatoms. The Morgan fingerprint density at radius 1 is 1.10 bits per heavy atom. The lowest BCUT2D eigenvalue weighted by Crippen LogP contribution is -2.38. The molecule has 1 atom stereocenters. The SMILES string of the molecule is CN(C(=O)C1COc2ccccc2C1)c1ccccc1. The van der Waals surface area contributed by atoms with E-state index in [2.05, 4.69) is 0 Å². The van der Waals surface area contributed by atoms with E-state index < -0.39 is 0 Å². The van der Waals surface area contributed by atoms with Gasteiger partial charge in [-0.25, -0.2) is 0 Å². The molecule has 1 aliphatic rings. The Kier molecular flexibility index (Phi) is 3.42. The lowest BCUT2D eigenvalue weighted by molar-refractivity contribution is -0.123. The van der Waals surface area contributed by atoms with Crippen LogP contribution in [0.5, 0.6) is 5.75 Å². The minimum atomic E-state index is -0.116. The Hall–Kier alpha value is -2.29. The molecule has 1 heterocycles. The molecule has 20 heavy (non-hydrogen) atoms. The van der Waals surface area contributed by atoms with Crippen molar-refractivity contribution in [1.29, 1.82) is 0 Å². The van der Waals surface area contributed by atoms with Gasteiger partial charge in [-0.05, 0) is 30.2 Å². The number of ether oxygens (including phenoxy) is 1. The van der Waals surface area contributed by atoms with Crippen molar-refractivity contribution in [1.82, 2.24) is 0 Å². The van der Waals surface area contributed by atoms with Gasteiger partial charge in [0, 0.05) is 12.7 Å². The van der Waals surface area contributed by atoms with E-state index in [0.29, 0.717) is 6.61 Å². The molecule has 1 unspecified atom stereocenters. The molecule has 0 bridgehead atoms. The monoisotopic (exact) mass is 267 g/mol. The highest BCUT2D eigenvalue weighted by Crippen LogP contribution is 2.28. The number of rotatable bonds is 2. The number of para-hydroxylation sites is 2. The van der Waals surface area contributed by atoms with E-state index in [1.165, 1.54) is 0 Å². The van der Waals surface area contributed by atoms with Crippen molar-refractivity contribution >= 4 is 11.6 Å². The molecule has 102 valence electrons. The summed E-state index contributed by atoms with van der Waals surface area (Å²) in [5, 5.41) is 0. The van der Waals surface area contributed by atoms with Gasteiger partial charge in [-0.15, -0.1) is 0 Å². The number of nitrogens with zero attached hydrogens (tertiary/aromatic N) is 1. The maximum Gasteiger partial charge on any atom is 0.233 e. The number of carbonyl (C=O) groups is 1. The number of hydrogen-bond acceptors (Lipinski definition) is 2. The van der Waals surface area contributed by atoms with Crippen molar-refractivity contribution in [2.75, 3.05) is 18.6 Å². The smallest absolute Gasteiger partial charge is 0.233 e. The van der Waals surface area contributed by atoms with Gasteiger partial charge in [0.2, 0.25) is 5.91 Å². The summed E-state index contributed by atoms with van der Waals surface area (Å²) in [5.74, 6) is 0.889. The van der Waals surface area contributed by atoms with E-state index >= 15 is 0 Å². The summed E-state index contributed by atoms with van der Waals surface area (Å²) in [6.07, 6.45) is 0.742. The highest BCUT2D eigenvalue weighted by molar-refractivity contribution is 5.94. The molecule has 3 rings (SSSR count). The van der Waals surface area contributed by atoms with E-state index in [9.17, 15) is 4.79 Å². The van der Waals surface area contributed by atoms with Crippen LogP contribution in [0.4, 0.5) is 5.69 Å². The first-order valence-corrected chi connectivity index (χ1v) is 6.79. The van der Waals surface area contributed by atoms with Gasteiger partial charge in [-0.1, -0.05) is 36.4 Å². The fourth-order valence-corrected chi connectivity index (χ4v) is 2.54. The zero-order chi connectivity index (χ0) is 13.9. The molecule has 2 aromatic carbocycles. The Morgan fingerprint density at radius 2 is 1.80 bits per heavy atom. The van der Waals surface area contributed by atoms with Crippen molar-refractivity contribution in [3.63, 3.8) is 0 Å². The van der Waals surface area contributed by atoms with Crippen molar-refractivity contribution < 1.29 is 9.53 Å². The van der Waals surface area contributed by atoms with Crippen LogP contribution in [0, 0.1) is 5.92 Å². The van der Waals surface area contributed by atoms with Gasteiger partial charge >= 0.3 is 0 Å². The molecule has 0 aromatic heterocycles. The van der Waals surface area contributed by atoms with Crippen LogP contribution in [0.15, 0.2) is 54.6 Å². The minimum absolute atomic E-state index is 0.103. The third-order valence-electron chi connectivity index (χ3n) is 3.70. The zero-order valence-corrected chi connectivity index (χ0v) is 11.5. The fraction of sp³-hybridized carbons (Fsp3) is 0.235. The molecule has 0 saturated heterocycles. The summed E-state index contributed by atoms with van der Waals surface area (Å²) >= 11 is 0. The van der Waals surface area contributed by atoms with Gasteiger partial charge in [0.05, 0.1) is 5.92 Å². The highest BCUT2D eigenvalue weighted by Gasteiger charge is 2.28. The maximum atomic E-state index is 12.6. The predicted molar refractivity (Wildman–Crippen MR) is 79.0 cm³/mol. The Bertz CT molecular complexity index is 609. The Labute approximate surface area is 118 Å². The van der Waals surface area contributed by atoms with Crippen LogP contribution in [0.1, 0.15) is 5.56 Å². The van der Waals surface area contributed by atoms with Crippen LogP contribution in [0.25, 0.3) is 0 Å². The van der Waals surface area contributed by atoms with Crippen LogP contribution in [-0.4, -0.2) is 19.6 Å². The van der Waals surface area contributed by atoms with Gasteiger partial charge in [0.25, 0.3) is 0 Å². The van der Waals surface area contributed by atoms with Gasteiger partial charge in [-0.3, -0.25) is 4.79 Å². The summed E-state index contributed by atoms with van der Waals surface area (Å²) in [6, 6.07) is 17.6. The predicted octanol–water partition coefficient (Wildman–Crippen LogP) is 2.90. The number of hydrogen-bond donors (Lipinski definition) is 0. The molecular weight excluding hydrogens is 250 g/mol. The second-order valence-electron chi connectivity index (χ2n) is 5.05. The van der Waals surface area contributed by atoms with Gasteiger partial charge in [0.15, 0.2) is 0 Å². The van der Waals surface area contributed by atoms with E-state index in [4.69, 9.17) is 4.74 Å². The first-order valence-electron chi connectivity index (χ1n) is 6.79. The van der Waals surface area contributed by atoms with Crippen LogP contribution >= 0.6 is 0 Å².